The van der Waals surface area contributed by atoms with Gasteiger partial charge in [-0.05, 0) is 42.8 Å². The van der Waals surface area contributed by atoms with Gasteiger partial charge in [-0.3, -0.25) is 4.79 Å². The Labute approximate surface area is 169 Å². The first-order valence-electron chi connectivity index (χ1n) is 9.59. The summed E-state index contributed by atoms with van der Waals surface area (Å²) in [5, 5.41) is 4.14. The standard InChI is InChI=1S/C23H24N4O2/c1-17-13-19-14-20(7-8-22(19)27(17)11-12-29-2)25-23(28)21-6-4-3-5-18(21)15-26-10-9-24-16-26/h3-10,13-14,16H,11-12,15H2,1-2H3,(H,25,28). The zero-order valence-electron chi connectivity index (χ0n) is 16.6. The molecule has 4 aromatic rings. The van der Waals surface area contributed by atoms with Crippen molar-refractivity contribution in [1.82, 2.24) is 14.1 Å². The molecule has 6 heteroatoms. The lowest BCUT2D eigenvalue weighted by Crippen LogP contribution is -2.15. The molecule has 29 heavy (non-hydrogen) atoms. The van der Waals surface area contributed by atoms with E-state index in [1.54, 1.807) is 19.6 Å². The van der Waals surface area contributed by atoms with Gasteiger partial charge >= 0.3 is 0 Å². The molecule has 2 heterocycles. The van der Waals surface area contributed by atoms with E-state index in [0.717, 1.165) is 28.7 Å². The van der Waals surface area contributed by atoms with Crippen molar-refractivity contribution in [2.45, 2.75) is 20.0 Å². The zero-order chi connectivity index (χ0) is 20.2. The molecule has 6 nitrogen and oxygen atoms in total. The first-order valence-corrected chi connectivity index (χ1v) is 9.59. The average molecular weight is 388 g/mol. The Balaban J connectivity index is 1.56. The van der Waals surface area contributed by atoms with Gasteiger partial charge in [-0.2, -0.15) is 0 Å². The Kier molecular flexibility index (Phi) is 5.44. The molecule has 0 saturated heterocycles. The maximum Gasteiger partial charge on any atom is 0.256 e. The zero-order valence-corrected chi connectivity index (χ0v) is 16.6. The van der Waals surface area contributed by atoms with Crippen LogP contribution in [0.2, 0.25) is 0 Å². The Morgan fingerprint density at radius 1 is 1.17 bits per heavy atom. The molecule has 0 radical (unpaired) electrons. The molecule has 0 saturated carbocycles. The predicted molar refractivity (Wildman–Crippen MR) is 114 cm³/mol. The molecule has 2 aromatic heterocycles. The van der Waals surface area contributed by atoms with Crippen molar-refractivity contribution in [3.05, 3.63) is 84.1 Å². The van der Waals surface area contributed by atoms with Crippen LogP contribution in [-0.4, -0.2) is 33.7 Å². The number of amides is 1. The van der Waals surface area contributed by atoms with E-state index < -0.39 is 0 Å². The fourth-order valence-electron chi connectivity index (χ4n) is 3.62. The second-order valence-electron chi connectivity index (χ2n) is 7.05. The summed E-state index contributed by atoms with van der Waals surface area (Å²) in [6, 6.07) is 15.8. The maximum atomic E-state index is 13.0. The van der Waals surface area contributed by atoms with Crippen LogP contribution >= 0.6 is 0 Å². The molecule has 2 aromatic carbocycles. The number of aryl methyl sites for hydroxylation is 1. The molecule has 0 fully saturated rings. The molecular formula is C23H24N4O2. The number of carbonyl (C=O) groups excluding carboxylic acids is 1. The lowest BCUT2D eigenvalue weighted by molar-refractivity contribution is 0.102. The monoisotopic (exact) mass is 388 g/mol. The van der Waals surface area contributed by atoms with Gasteiger partial charge in [0.05, 0.1) is 12.9 Å². The second kappa shape index (κ2) is 8.32. The van der Waals surface area contributed by atoms with E-state index in [2.05, 4.69) is 27.9 Å². The first-order chi connectivity index (χ1) is 14.2. The topological polar surface area (TPSA) is 61.1 Å². The van der Waals surface area contributed by atoms with Gasteiger partial charge in [0.15, 0.2) is 0 Å². The number of carbonyl (C=O) groups is 1. The number of nitrogens with one attached hydrogen (secondary N) is 1. The van der Waals surface area contributed by atoms with Gasteiger partial charge in [-0.15, -0.1) is 0 Å². The molecular weight excluding hydrogens is 364 g/mol. The summed E-state index contributed by atoms with van der Waals surface area (Å²) in [4.78, 5) is 17.0. The smallest absolute Gasteiger partial charge is 0.256 e. The number of hydrogen-bond donors (Lipinski definition) is 1. The Morgan fingerprint density at radius 3 is 2.83 bits per heavy atom. The van der Waals surface area contributed by atoms with E-state index in [9.17, 15) is 4.79 Å². The molecule has 0 atom stereocenters. The third kappa shape index (κ3) is 4.07. The van der Waals surface area contributed by atoms with Crippen molar-refractivity contribution >= 4 is 22.5 Å². The minimum atomic E-state index is -0.115. The van der Waals surface area contributed by atoms with Crippen LogP contribution in [0.5, 0.6) is 0 Å². The highest BCUT2D eigenvalue weighted by Gasteiger charge is 2.13. The first kappa shape index (κ1) is 19.0. The molecule has 1 N–H and O–H groups in total. The van der Waals surface area contributed by atoms with Crippen molar-refractivity contribution < 1.29 is 9.53 Å². The van der Waals surface area contributed by atoms with Crippen LogP contribution in [0.4, 0.5) is 5.69 Å². The van der Waals surface area contributed by atoms with Gasteiger partial charge < -0.3 is 19.2 Å². The molecule has 0 unspecified atom stereocenters. The number of nitrogens with zero attached hydrogens (tertiary/aromatic N) is 3. The number of methoxy groups -OCH3 is 1. The van der Waals surface area contributed by atoms with Crippen LogP contribution < -0.4 is 5.32 Å². The molecule has 0 spiro atoms. The molecule has 1 amide bonds. The van der Waals surface area contributed by atoms with E-state index in [0.29, 0.717) is 18.7 Å². The molecule has 0 aliphatic carbocycles. The largest absolute Gasteiger partial charge is 0.383 e. The number of benzene rings is 2. The fourth-order valence-corrected chi connectivity index (χ4v) is 3.62. The quantitative estimate of drug-likeness (QED) is 0.519. The van der Waals surface area contributed by atoms with Gasteiger partial charge in [0.2, 0.25) is 0 Å². The van der Waals surface area contributed by atoms with E-state index in [1.165, 1.54) is 5.69 Å². The average Bonchev–Trinajstić information content (AvgIpc) is 3.33. The fraction of sp³-hybridized carbons (Fsp3) is 0.217. The van der Waals surface area contributed by atoms with Gasteiger partial charge in [0, 0.05) is 60.4 Å². The summed E-state index contributed by atoms with van der Waals surface area (Å²) in [5.74, 6) is -0.115. The predicted octanol–water partition coefficient (Wildman–Crippen LogP) is 4.09. The van der Waals surface area contributed by atoms with E-state index in [1.807, 2.05) is 53.2 Å². The number of imidazole rings is 1. The summed E-state index contributed by atoms with van der Waals surface area (Å²) in [7, 11) is 1.71. The Morgan fingerprint density at radius 2 is 2.03 bits per heavy atom. The van der Waals surface area contributed by atoms with Crippen molar-refractivity contribution in [3.8, 4) is 0 Å². The lowest BCUT2D eigenvalue weighted by Gasteiger charge is -2.11. The van der Waals surface area contributed by atoms with Crippen LogP contribution in [0.25, 0.3) is 10.9 Å². The normalized spacial score (nSPS) is 11.1. The summed E-state index contributed by atoms with van der Waals surface area (Å²) >= 11 is 0. The molecule has 0 bridgehead atoms. The third-order valence-electron chi connectivity index (χ3n) is 5.06. The highest BCUT2D eigenvalue weighted by molar-refractivity contribution is 6.06. The van der Waals surface area contributed by atoms with Gasteiger partial charge in [-0.1, -0.05) is 18.2 Å². The molecule has 0 aliphatic heterocycles. The van der Waals surface area contributed by atoms with Crippen molar-refractivity contribution in [2.75, 3.05) is 19.0 Å². The maximum absolute atomic E-state index is 13.0. The van der Waals surface area contributed by atoms with Crippen molar-refractivity contribution in [1.29, 1.82) is 0 Å². The summed E-state index contributed by atoms with van der Waals surface area (Å²) in [5.41, 5.74) is 4.70. The van der Waals surface area contributed by atoms with E-state index in [4.69, 9.17) is 4.74 Å². The number of aromatic nitrogens is 3. The van der Waals surface area contributed by atoms with E-state index >= 15 is 0 Å². The summed E-state index contributed by atoms with van der Waals surface area (Å²) in [6.07, 6.45) is 5.37. The third-order valence-corrected chi connectivity index (χ3v) is 5.06. The molecule has 0 aliphatic rings. The highest BCUT2D eigenvalue weighted by Crippen LogP contribution is 2.24. The Bertz CT molecular complexity index is 1130. The molecule has 148 valence electrons. The summed E-state index contributed by atoms with van der Waals surface area (Å²) in [6.45, 7) is 4.15. The van der Waals surface area contributed by atoms with E-state index in [-0.39, 0.29) is 5.91 Å². The lowest BCUT2D eigenvalue weighted by atomic mass is 10.1. The van der Waals surface area contributed by atoms with Crippen LogP contribution in [0.3, 0.4) is 0 Å². The number of fused-ring (bicyclic) bond motifs is 1. The van der Waals surface area contributed by atoms with Gasteiger partial charge in [0.25, 0.3) is 5.91 Å². The number of rotatable bonds is 7. The van der Waals surface area contributed by atoms with Gasteiger partial charge in [0.1, 0.15) is 0 Å². The summed E-state index contributed by atoms with van der Waals surface area (Å²) < 4.78 is 9.38. The number of anilines is 1. The van der Waals surface area contributed by atoms with Crippen molar-refractivity contribution in [3.63, 3.8) is 0 Å². The minimum absolute atomic E-state index is 0.115. The number of ether oxygens (including phenoxy) is 1. The minimum Gasteiger partial charge on any atom is -0.383 e. The highest BCUT2D eigenvalue weighted by atomic mass is 16.5. The number of hydrogen-bond acceptors (Lipinski definition) is 3. The van der Waals surface area contributed by atoms with Crippen molar-refractivity contribution in [2.24, 2.45) is 0 Å². The van der Waals surface area contributed by atoms with Crippen LogP contribution in [0.1, 0.15) is 21.6 Å². The second-order valence-corrected chi connectivity index (χ2v) is 7.05. The van der Waals surface area contributed by atoms with Crippen LogP contribution in [0.15, 0.2) is 67.3 Å². The molecule has 4 rings (SSSR count). The SMILES string of the molecule is COCCn1c(C)cc2cc(NC(=O)c3ccccc3Cn3ccnc3)ccc21. The van der Waals surface area contributed by atoms with Gasteiger partial charge in [-0.25, -0.2) is 4.98 Å². The Hall–Kier alpha value is -3.38. The van der Waals surface area contributed by atoms with Crippen LogP contribution in [-0.2, 0) is 17.8 Å². The van der Waals surface area contributed by atoms with Crippen LogP contribution in [0, 0.1) is 6.92 Å².